The molecule has 140 valence electrons. The normalized spacial score (nSPS) is 15.9. The number of nitrogens with zero attached hydrogens (tertiary/aromatic N) is 2. The summed E-state index contributed by atoms with van der Waals surface area (Å²) in [5.74, 6) is -0.00517. The summed E-state index contributed by atoms with van der Waals surface area (Å²) in [5, 5.41) is 1.90. The van der Waals surface area contributed by atoms with Crippen molar-refractivity contribution in [2.75, 3.05) is 18.0 Å². The number of carbonyl (C=O) groups is 2. The fourth-order valence-electron chi connectivity index (χ4n) is 3.44. The van der Waals surface area contributed by atoms with Crippen LogP contribution in [-0.2, 0) is 9.53 Å². The molecule has 0 spiro atoms. The maximum absolute atomic E-state index is 12.4. The summed E-state index contributed by atoms with van der Waals surface area (Å²) in [4.78, 5) is 28.2. The van der Waals surface area contributed by atoms with E-state index >= 15 is 0 Å². The minimum atomic E-state index is -0.504. The van der Waals surface area contributed by atoms with E-state index in [9.17, 15) is 9.59 Å². The highest BCUT2D eigenvalue weighted by atomic mass is 16.6. The van der Waals surface area contributed by atoms with Gasteiger partial charge in [0.2, 0.25) is 5.91 Å². The predicted octanol–water partition coefficient (Wildman–Crippen LogP) is 4.19. The number of carbonyl (C=O) groups excluding carboxylic acids is 2. The van der Waals surface area contributed by atoms with Crippen LogP contribution < -0.4 is 4.90 Å². The number of fused-ring (bicyclic) bond motifs is 1. The van der Waals surface area contributed by atoms with Crippen molar-refractivity contribution >= 4 is 28.5 Å². The van der Waals surface area contributed by atoms with Gasteiger partial charge in [-0.05, 0) is 39.7 Å². The average molecular weight is 358 g/mol. The molecule has 0 aliphatic carbocycles. The van der Waals surface area contributed by atoms with Crippen LogP contribution >= 0.6 is 0 Å². The Morgan fingerprint density at radius 1 is 1.19 bits per heavy atom. The first-order valence-corrected chi connectivity index (χ1v) is 8.99. The Balaban J connectivity index is 1.75. The summed E-state index contributed by atoms with van der Waals surface area (Å²) in [6, 6.07) is 5.89. The van der Waals surface area contributed by atoms with Crippen LogP contribution in [0.5, 0.6) is 0 Å². The highest BCUT2D eigenvalue weighted by molar-refractivity contribution is 6.03. The Morgan fingerprint density at radius 3 is 2.50 bits per heavy atom. The van der Waals surface area contributed by atoms with E-state index in [0.29, 0.717) is 25.9 Å². The lowest BCUT2D eigenvalue weighted by atomic mass is 10.0. The molecule has 1 aromatic heterocycles. The monoisotopic (exact) mass is 358 g/mol. The van der Waals surface area contributed by atoms with E-state index in [2.05, 4.69) is 0 Å². The molecule has 1 aliphatic rings. The Hall–Kier alpha value is -2.50. The molecule has 0 atom stereocenters. The molecular formula is C20H26N2O4. The molecule has 0 bridgehead atoms. The summed E-state index contributed by atoms with van der Waals surface area (Å²) in [5.41, 5.74) is 0.357. The lowest BCUT2D eigenvalue weighted by Gasteiger charge is -2.38. The van der Waals surface area contributed by atoms with Gasteiger partial charge >= 0.3 is 6.09 Å². The molecule has 2 amide bonds. The molecule has 0 saturated carbocycles. The van der Waals surface area contributed by atoms with Gasteiger partial charge in [-0.15, -0.1) is 0 Å². The van der Waals surface area contributed by atoms with Crippen molar-refractivity contribution in [1.29, 1.82) is 0 Å². The summed E-state index contributed by atoms with van der Waals surface area (Å²) in [7, 11) is 0. The van der Waals surface area contributed by atoms with E-state index in [-0.39, 0.29) is 18.0 Å². The molecule has 1 fully saturated rings. The third-order valence-electron chi connectivity index (χ3n) is 4.58. The fourth-order valence-corrected chi connectivity index (χ4v) is 3.44. The molecule has 1 saturated heterocycles. The number of furan rings is 1. The summed E-state index contributed by atoms with van der Waals surface area (Å²) >= 11 is 0. The Kier molecular flexibility index (Phi) is 4.94. The van der Waals surface area contributed by atoms with Crippen molar-refractivity contribution in [1.82, 2.24) is 4.90 Å². The van der Waals surface area contributed by atoms with Gasteiger partial charge in [0.05, 0.1) is 12.0 Å². The van der Waals surface area contributed by atoms with Gasteiger partial charge in [-0.2, -0.15) is 0 Å². The number of anilines is 1. The molecule has 1 aromatic carbocycles. The van der Waals surface area contributed by atoms with Crippen molar-refractivity contribution in [3.05, 3.63) is 30.7 Å². The molecule has 1 aliphatic heterocycles. The van der Waals surface area contributed by atoms with Gasteiger partial charge in [-0.25, -0.2) is 4.79 Å². The molecule has 3 rings (SSSR count). The predicted molar refractivity (Wildman–Crippen MR) is 100 cm³/mol. The Morgan fingerprint density at radius 2 is 1.88 bits per heavy atom. The lowest BCUT2D eigenvalue weighted by molar-refractivity contribution is -0.117. The zero-order valence-corrected chi connectivity index (χ0v) is 15.8. The van der Waals surface area contributed by atoms with Crippen LogP contribution in [0, 0.1) is 0 Å². The summed E-state index contributed by atoms with van der Waals surface area (Å²) < 4.78 is 10.8. The van der Waals surface area contributed by atoms with Crippen molar-refractivity contribution in [3.8, 4) is 0 Å². The van der Waals surface area contributed by atoms with Crippen LogP contribution in [0.15, 0.2) is 35.1 Å². The van der Waals surface area contributed by atoms with Gasteiger partial charge in [-0.3, -0.25) is 4.79 Å². The zero-order valence-electron chi connectivity index (χ0n) is 15.8. The first-order valence-electron chi connectivity index (χ1n) is 8.99. The van der Waals surface area contributed by atoms with Crippen LogP contribution in [0.4, 0.5) is 10.5 Å². The Bertz CT molecular complexity index is 797. The number of hydrogen-bond donors (Lipinski definition) is 0. The van der Waals surface area contributed by atoms with E-state index in [1.807, 2.05) is 43.9 Å². The topological polar surface area (TPSA) is 63.0 Å². The van der Waals surface area contributed by atoms with Gasteiger partial charge in [0.1, 0.15) is 11.9 Å². The number of benzene rings is 1. The van der Waals surface area contributed by atoms with Crippen LogP contribution in [0.25, 0.3) is 10.8 Å². The first-order chi connectivity index (χ1) is 12.3. The van der Waals surface area contributed by atoms with Crippen LogP contribution in [0.3, 0.4) is 0 Å². The van der Waals surface area contributed by atoms with Crippen molar-refractivity contribution in [2.45, 2.75) is 52.2 Å². The maximum atomic E-state index is 12.4. The lowest BCUT2D eigenvalue weighted by Crippen LogP contribution is -2.49. The minimum absolute atomic E-state index is 0.00517. The van der Waals surface area contributed by atoms with Gasteiger partial charge in [0.15, 0.2) is 0 Å². The number of rotatable bonds is 2. The maximum Gasteiger partial charge on any atom is 0.410 e. The number of ether oxygens (including phenoxy) is 1. The first kappa shape index (κ1) is 18.3. The molecule has 0 radical (unpaired) electrons. The molecule has 2 aromatic rings. The van der Waals surface area contributed by atoms with Crippen molar-refractivity contribution < 1.29 is 18.7 Å². The quantitative estimate of drug-likeness (QED) is 0.808. The van der Waals surface area contributed by atoms with Crippen LogP contribution in [0.1, 0.15) is 40.5 Å². The standard InChI is InChI=1S/C20H26N2O4/c1-14(23)22(18-7-5-6-15-12-25-13-17(15)18)16-8-10-21(11-9-16)19(24)26-20(2,3)4/h5-7,12-13,16H,8-11H2,1-4H3. The SMILES string of the molecule is CC(=O)N(c1cccc2cocc12)C1CCN(C(=O)OC(C)(C)C)CC1. The van der Waals surface area contributed by atoms with Gasteiger partial charge in [-0.1, -0.05) is 12.1 Å². The number of hydrogen-bond acceptors (Lipinski definition) is 4. The van der Waals surface area contributed by atoms with E-state index in [0.717, 1.165) is 16.5 Å². The van der Waals surface area contributed by atoms with E-state index in [4.69, 9.17) is 9.15 Å². The van der Waals surface area contributed by atoms with E-state index < -0.39 is 5.60 Å². The van der Waals surface area contributed by atoms with Crippen LogP contribution in [-0.4, -0.2) is 41.6 Å². The second kappa shape index (κ2) is 7.02. The smallest absolute Gasteiger partial charge is 0.410 e. The largest absolute Gasteiger partial charge is 0.471 e. The number of likely N-dealkylation sites (tertiary alicyclic amines) is 1. The van der Waals surface area contributed by atoms with Crippen molar-refractivity contribution in [2.24, 2.45) is 0 Å². The third-order valence-corrected chi connectivity index (χ3v) is 4.58. The molecule has 26 heavy (non-hydrogen) atoms. The fraction of sp³-hybridized carbons (Fsp3) is 0.500. The second-order valence-electron chi connectivity index (χ2n) is 7.74. The van der Waals surface area contributed by atoms with E-state index in [1.54, 1.807) is 24.3 Å². The molecule has 0 unspecified atom stereocenters. The molecule has 2 heterocycles. The minimum Gasteiger partial charge on any atom is -0.471 e. The average Bonchev–Trinajstić information content (AvgIpc) is 3.03. The number of amides is 2. The van der Waals surface area contributed by atoms with Gasteiger partial charge < -0.3 is 19.0 Å². The van der Waals surface area contributed by atoms with Crippen molar-refractivity contribution in [3.63, 3.8) is 0 Å². The van der Waals surface area contributed by atoms with E-state index in [1.165, 1.54) is 0 Å². The molecule has 6 nitrogen and oxygen atoms in total. The molecule has 0 N–H and O–H groups in total. The highest BCUT2D eigenvalue weighted by Gasteiger charge is 2.31. The Labute approximate surface area is 153 Å². The highest BCUT2D eigenvalue weighted by Crippen LogP contribution is 2.32. The second-order valence-corrected chi connectivity index (χ2v) is 7.74. The van der Waals surface area contributed by atoms with Crippen LogP contribution in [0.2, 0.25) is 0 Å². The molecular weight excluding hydrogens is 332 g/mol. The number of piperidine rings is 1. The van der Waals surface area contributed by atoms with Gasteiger partial charge in [0.25, 0.3) is 0 Å². The molecule has 6 heteroatoms. The van der Waals surface area contributed by atoms with Gasteiger partial charge in [0, 0.05) is 36.8 Å². The summed E-state index contributed by atoms with van der Waals surface area (Å²) in [6.45, 7) is 8.32. The summed E-state index contributed by atoms with van der Waals surface area (Å²) in [6.07, 6.45) is 4.50. The third kappa shape index (κ3) is 3.84. The zero-order chi connectivity index (χ0) is 18.9.